The lowest BCUT2D eigenvalue weighted by Crippen LogP contribution is -2.51. The molecule has 5 rings (SSSR count). The van der Waals surface area contributed by atoms with Crippen molar-refractivity contribution in [2.75, 3.05) is 42.5 Å². The highest BCUT2D eigenvalue weighted by atomic mass is 32.2. The lowest BCUT2D eigenvalue weighted by atomic mass is 10.0. The maximum absolute atomic E-state index is 13.2. The number of nitriles is 2. The van der Waals surface area contributed by atoms with Crippen molar-refractivity contribution in [1.29, 1.82) is 10.5 Å². The number of carbonyl (C=O) groups excluding carboxylic acids is 1. The Hall–Kier alpha value is -4.91. The minimum atomic E-state index is -3.90. The number of amides is 1. The predicted octanol–water partition coefficient (Wildman–Crippen LogP) is 2.72. The van der Waals surface area contributed by atoms with E-state index in [0.29, 0.717) is 61.4 Å². The van der Waals surface area contributed by atoms with Gasteiger partial charge in [-0.3, -0.25) is 4.79 Å². The maximum Gasteiger partial charge on any atom is 0.326 e. The Morgan fingerprint density at radius 3 is 2.07 bits per heavy atom. The van der Waals surface area contributed by atoms with Gasteiger partial charge in [0, 0.05) is 44.8 Å². The molecule has 2 saturated heterocycles. The first-order valence-corrected chi connectivity index (χ1v) is 15.8. The van der Waals surface area contributed by atoms with Gasteiger partial charge in [-0.25, -0.2) is 13.2 Å². The second-order valence-electron chi connectivity index (χ2n) is 10.8. The van der Waals surface area contributed by atoms with Crippen LogP contribution in [0.25, 0.3) is 0 Å². The molecule has 2 atom stereocenters. The summed E-state index contributed by atoms with van der Waals surface area (Å²) < 4.78 is 27.5. The van der Waals surface area contributed by atoms with Gasteiger partial charge in [-0.15, -0.1) is 0 Å². The standard InChI is InChI=1S/C32H32N6O5S/c33-21-24-6-4-7-25(22-34)30(24)37-18-16-36(17-19-37)26-13-11-23(12-14-26)20-28(32(40)41)35-31(39)29-10-5-15-38(29)44(42,43)27-8-2-1-3-9-27/h1-4,6-9,11-14,28-29H,5,10,15-20H2,(H,35,39)(H,40,41)/t28-,29-/m0/s1. The Kier molecular flexibility index (Phi) is 9.14. The molecule has 0 aromatic heterocycles. The minimum absolute atomic E-state index is 0.0369. The second kappa shape index (κ2) is 13.2. The van der Waals surface area contributed by atoms with E-state index in [2.05, 4.69) is 27.3 Å². The molecule has 2 heterocycles. The predicted molar refractivity (Wildman–Crippen MR) is 163 cm³/mol. The molecule has 2 aliphatic rings. The zero-order valence-electron chi connectivity index (χ0n) is 24.0. The van der Waals surface area contributed by atoms with Gasteiger partial charge in [0.15, 0.2) is 0 Å². The van der Waals surface area contributed by atoms with Gasteiger partial charge in [-0.2, -0.15) is 14.8 Å². The lowest BCUT2D eigenvalue weighted by Gasteiger charge is -2.38. The number of sulfonamides is 1. The molecular formula is C32H32N6O5S. The van der Waals surface area contributed by atoms with Crippen molar-refractivity contribution >= 4 is 33.3 Å². The summed E-state index contributed by atoms with van der Waals surface area (Å²) in [6.45, 7) is 2.77. The van der Waals surface area contributed by atoms with Crippen LogP contribution in [0.4, 0.5) is 11.4 Å². The average molecular weight is 613 g/mol. The molecule has 2 fully saturated rings. The molecule has 44 heavy (non-hydrogen) atoms. The van der Waals surface area contributed by atoms with Gasteiger partial charge in [-0.1, -0.05) is 36.4 Å². The van der Waals surface area contributed by atoms with Gasteiger partial charge in [-0.05, 0) is 54.8 Å². The molecule has 2 N–H and O–H groups in total. The fourth-order valence-electron chi connectivity index (χ4n) is 5.82. The molecule has 1 amide bonds. The number of carboxylic acids is 1. The largest absolute Gasteiger partial charge is 0.480 e. The monoisotopic (exact) mass is 612 g/mol. The Labute approximate surface area is 256 Å². The van der Waals surface area contributed by atoms with E-state index in [-0.39, 0.29) is 17.9 Å². The second-order valence-corrected chi connectivity index (χ2v) is 12.6. The smallest absolute Gasteiger partial charge is 0.326 e. The Bertz CT molecular complexity index is 1680. The van der Waals surface area contributed by atoms with Crippen LogP contribution in [-0.2, 0) is 26.0 Å². The molecular weight excluding hydrogens is 580 g/mol. The summed E-state index contributed by atoms with van der Waals surface area (Å²) in [6.07, 6.45) is 0.850. The van der Waals surface area contributed by atoms with Crippen molar-refractivity contribution < 1.29 is 23.1 Å². The molecule has 11 nitrogen and oxygen atoms in total. The highest BCUT2D eigenvalue weighted by molar-refractivity contribution is 7.89. The quantitative estimate of drug-likeness (QED) is 0.371. The molecule has 0 aliphatic carbocycles. The fourth-order valence-corrected chi connectivity index (χ4v) is 7.49. The maximum atomic E-state index is 13.2. The van der Waals surface area contributed by atoms with Gasteiger partial charge < -0.3 is 20.2 Å². The van der Waals surface area contributed by atoms with Crippen molar-refractivity contribution in [2.45, 2.75) is 36.2 Å². The molecule has 0 bridgehead atoms. The SMILES string of the molecule is N#Cc1cccc(C#N)c1N1CCN(c2ccc(C[C@H](NC(=O)[C@@H]3CCCN3S(=O)(=O)c3ccccc3)C(=O)O)cc2)CC1. The van der Waals surface area contributed by atoms with E-state index in [1.165, 1.54) is 12.1 Å². The number of nitrogens with one attached hydrogen (secondary N) is 1. The number of hydrogen-bond acceptors (Lipinski definition) is 8. The number of carbonyl (C=O) groups is 2. The molecule has 0 radical (unpaired) electrons. The number of benzene rings is 3. The highest BCUT2D eigenvalue weighted by Crippen LogP contribution is 2.28. The summed E-state index contributed by atoms with van der Waals surface area (Å²) in [7, 11) is -3.90. The van der Waals surface area contributed by atoms with E-state index < -0.39 is 34.0 Å². The first-order valence-electron chi connectivity index (χ1n) is 14.3. The molecule has 0 unspecified atom stereocenters. The molecule has 0 saturated carbocycles. The number of nitrogens with zero attached hydrogens (tertiary/aromatic N) is 5. The van der Waals surface area contributed by atoms with Gasteiger partial charge in [0.25, 0.3) is 0 Å². The third kappa shape index (κ3) is 6.37. The fraction of sp³-hybridized carbons (Fsp3) is 0.312. The zero-order chi connectivity index (χ0) is 31.3. The summed E-state index contributed by atoms with van der Waals surface area (Å²) in [4.78, 5) is 29.6. The van der Waals surface area contributed by atoms with E-state index in [4.69, 9.17) is 0 Å². The molecule has 0 spiro atoms. The summed E-state index contributed by atoms with van der Waals surface area (Å²) in [5, 5.41) is 31.5. The van der Waals surface area contributed by atoms with E-state index in [1.807, 2.05) is 24.3 Å². The van der Waals surface area contributed by atoms with Gasteiger partial charge in [0.05, 0.1) is 21.7 Å². The van der Waals surface area contributed by atoms with E-state index in [0.717, 1.165) is 9.99 Å². The number of anilines is 2. The summed E-state index contributed by atoms with van der Waals surface area (Å²) in [5.74, 6) is -1.83. The number of aliphatic carboxylic acids is 1. The highest BCUT2D eigenvalue weighted by Gasteiger charge is 2.40. The Balaban J connectivity index is 1.21. The van der Waals surface area contributed by atoms with Crippen molar-refractivity contribution in [1.82, 2.24) is 9.62 Å². The third-order valence-electron chi connectivity index (χ3n) is 8.08. The number of piperazine rings is 1. The summed E-state index contributed by atoms with van der Waals surface area (Å²) >= 11 is 0. The Morgan fingerprint density at radius 2 is 1.48 bits per heavy atom. The van der Waals surface area contributed by atoms with Crippen LogP contribution in [-0.4, -0.2) is 74.5 Å². The van der Waals surface area contributed by atoms with Crippen LogP contribution < -0.4 is 15.1 Å². The van der Waals surface area contributed by atoms with Crippen LogP contribution in [0.2, 0.25) is 0 Å². The van der Waals surface area contributed by atoms with Crippen molar-refractivity contribution in [2.24, 2.45) is 0 Å². The summed E-state index contributed by atoms with van der Waals surface area (Å²) in [6, 6.07) is 22.6. The van der Waals surface area contributed by atoms with Crippen LogP contribution in [0.1, 0.15) is 29.5 Å². The number of carboxylic acid groups (broad SMARTS) is 1. The van der Waals surface area contributed by atoms with Crippen LogP contribution >= 0.6 is 0 Å². The summed E-state index contributed by atoms with van der Waals surface area (Å²) in [5.41, 5.74) is 3.27. The molecule has 12 heteroatoms. The topological polar surface area (TPSA) is 158 Å². The molecule has 2 aliphatic heterocycles. The Morgan fingerprint density at radius 1 is 0.864 bits per heavy atom. The van der Waals surface area contributed by atoms with Crippen LogP contribution in [0.3, 0.4) is 0 Å². The van der Waals surface area contributed by atoms with Gasteiger partial charge in [0.1, 0.15) is 24.2 Å². The molecule has 3 aromatic carbocycles. The third-order valence-corrected chi connectivity index (χ3v) is 10.0. The van der Waals surface area contributed by atoms with Crippen LogP contribution in [0.5, 0.6) is 0 Å². The van der Waals surface area contributed by atoms with Crippen molar-refractivity contribution in [3.8, 4) is 12.1 Å². The number of para-hydroxylation sites is 1. The normalized spacial score (nSPS) is 17.8. The number of hydrogen-bond donors (Lipinski definition) is 2. The number of rotatable bonds is 9. The van der Waals surface area contributed by atoms with Gasteiger partial charge >= 0.3 is 5.97 Å². The molecule has 3 aromatic rings. The zero-order valence-corrected chi connectivity index (χ0v) is 24.8. The minimum Gasteiger partial charge on any atom is -0.480 e. The van der Waals surface area contributed by atoms with E-state index in [1.54, 1.807) is 36.4 Å². The average Bonchev–Trinajstić information content (AvgIpc) is 3.56. The van der Waals surface area contributed by atoms with Crippen molar-refractivity contribution in [3.05, 3.63) is 89.5 Å². The lowest BCUT2D eigenvalue weighted by molar-refractivity contribution is -0.142. The van der Waals surface area contributed by atoms with Gasteiger partial charge in [0.2, 0.25) is 15.9 Å². The van der Waals surface area contributed by atoms with Crippen molar-refractivity contribution in [3.63, 3.8) is 0 Å². The van der Waals surface area contributed by atoms with Crippen LogP contribution in [0.15, 0.2) is 77.7 Å². The van der Waals surface area contributed by atoms with E-state index in [9.17, 15) is 33.6 Å². The molecule has 226 valence electrons. The first-order chi connectivity index (χ1) is 21.2. The van der Waals surface area contributed by atoms with E-state index >= 15 is 0 Å². The first kappa shape index (κ1) is 30.5. The van der Waals surface area contributed by atoms with Crippen LogP contribution in [0, 0.1) is 22.7 Å².